The van der Waals surface area contributed by atoms with Crippen LogP contribution in [0.2, 0.25) is 0 Å². The molecule has 2 rings (SSSR count). The second-order valence-corrected chi connectivity index (χ2v) is 3.91. The molecule has 0 aliphatic heterocycles. The van der Waals surface area contributed by atoms with Gasteiger partial charge in [0.15, 0.2) is 11.5 Å². The lowest BCUT2D eigenvalue weighted by Crippen LogP contribution is -2.07. The zero-order valence-electron chi connectivity index (χ0n) is 11.3. The Morgan fingerprint density at radius 2 is 2.00 bits per heavy atom. The molecule has 0 spiro atoms. The first-order valence-corrected chi connectivity index (χ1v) is 5.97. The number of hydrogen-bond acceptors (Lipinski definition) is 4. The summed E-state index contributed by atoms with van der Waals surface area (Å²) in [5.41, 5.74) is 0.622. The van der Waals surface area contributed by atoms with Crippen LogP contribution in [0.25, 0.3) is 6.08 Å². The lowest BCUT2D eigenvalue weighted by Gasteiger charge is -2.09. The van der Waals surface area contributed by atoms with Gasteiger partial charge in [0.1, 0.15) is 5.76 Å². The first-order chi connectivity index (χ1) is 9.72. The summed E-state index contributed by atoms with van der Waals surface area (Å²) in [6.07, 6.45) is 4.54. The van der Waals surface area contributed by atoms with Crippen molar-refractivity contribution in [2.45, 2.75) is 0 Å². The quantitative estimate of drug-likeness (QED) is 0.851. The molecular formula is C15H15NO4. The fraction of sp³-hybridized carbons (Fsp3) is 0.133. The molecule has 0 aliphatic rings. The van der Waals surface area contributed by atoms with Crippen LogP contribution in [0.3, 0.4) is 0 Å². The molecule has 1 heterocycles. The molecule has 0 aliphatic carbocycles. The molecule has 5 nitrogen and oxygen atoms in total. The van der Waals surface area contributed by atoms with E-state index >= 15 is 0 Å². The summed E-state index contributed by atoms with van der Waals surface area (Å²) in [6, 6.07) is 8.67. The summed E-state index contributed by atoms with van der Waals surface area (Å²) in [4.78, 5) is 11.8. The lowest BCUT2D eigenvalue weighted by atomic mass is 10.2. The lowest BCUT2D eigenvalue weighted by molar-refractivity contribution is -0.111. The number of carbonyl (C=O) groups is 1. The van der Waals surface area contributed by atoms with Gasteiger partial charge >= 0.3 is 0 Å². The molecule has 0 saturated heterocycles. The Hall–Kier alpha value is -2.69. The van der Waals surface area contributed by atoms with Crippen molar-refractivity contribution >= 4 is 17.7 Å². The van der Waals surface area contributed by atoms with E-state index in [4.69, 9.17) is 13.9 Å². The van der Waals surface area contributed by atoms with Crippen molar-refractivity contribution in [3.63, 3.8) is 0 Å². The number of nitrogens with one attached hydrogen (secondary N) is 1. The van der Waals surface area contributed by atoms with Gasteiger partial charge in [-0.1, -0.05) is 0 Å². The number of anilines is 1. The van der Waals surface area contributed by atoms with E-state index in [1.807, 2.05) is 0 Å². The van der Waals surface area contributed by atoms with E-state index in [2.05, 4.69) is 5.32 Å². The van der Waals surface area contributed by atoms with Crippen molar-refractivity contribution in [2.24, 2.45) is 0 Å². The summed E-state index contributed by atoms with van der Waals surface area (Å²) in [6.45, 7) is 0. The van der Waals surface area contributed by atoms with Crippen molar-refractivity contribution in [1.29, 1.82) is 0 Å². The van der Waals surface area contributed by atoms with Crippen molar-refractivity contribution in [1.82, 2.24) is 0 Å². The molecule has 1 aromatic carbocycles. The van der Waals surface area contributed by atoms with E-state index in [1.54, 1.807) is 56.9 Å². The van der Waals surface area contributed by atoms with Crippen LogP contribution in [0.15, 0.2) is 47.1 Å². The van der Waals surface area contributed by atoms with Gasteiger partial charge < -0.3 is 19.2 Å². The van der Waals surface area contributed by atoms with Gasteiger partial charge in [-0.25, -0.2) is 0 Å². The number of furan rings is 1. The maximum absolute atomic E-state index is 11.8. The van der Waals surface area contributed by atoms with E-state index in [0.717, 1.165) is 0 Å². The summed E-state index contributed by atoms with van der Waals surface area (Å²) in [7, 11) is 3.10. The SMILES string of the molecule is COc1ccc(NC(=O)/C=C/c2ccco2)cc1OC. The van der Waals surface area contributed by atoms with E-state index in [9.17, 15) is 4.79 Å². The minimum Gasteiger partial charge on any atom is -0.493 e. The molecule has 0 bridgehead atoms. The molecule has 0 saturated carbocycles. The van der Waals surface area contributed by atoms with E-state index in [1.165, 1.54) is 6.08 Å². The third kappa shape index (κ3) is 3.41. The van der Waals surface area contributed by atoms with E-state index < -0.39 is 0 Å². The van der Waals surface area contributed by atoms with Gasteiger partial charge in [0.2, 0.25) is 5.91 Å². The fourth-order valence-electron chi connectivity index (χ4n) is 1.64. The maximum Gasteiger partial charge on any atom is 0.248 e. The van der Waals surface area contributed by atoms with Crippen LogP contribution < -0.4 is 14.8 Å². The summed E-state index contributed by atoms with van der Waals surface area (Å²) < 4.78 is 15.4. The zero-order chi connectivity index (χ0) is 14.4. The number of ether oxygens (including phenoxy) is 2. The van der Waals surface area contributed by atoms with Crippen LogP contribution >= 0.6 is 0 Å². The smallest absolute Gasteiger partial charge is 0.248 e. The van der Waals surface area contributed by atoms with E-state index in [-0.39, 0.29) is 5.91 Å². The number of methoxy groups -OCH3 is 2. The van der Waals surface area contributed by atoms with Gasteiger partial charge in [-0.05, 0) is 30.3 Å². The highest BCUT2D eigenvalue weighted by atomic mass is 16.5. The first-order valence-electron chi connectivity index (χ1n) is 5.97. The highest BCUT2D eigenvalue weighted by Gasteiger charge is 2.05. The predicted molar refractivity (Wildman–Crippen MR) is 75.9 cm³/mol. The Morgan fingerprint density at radius 1 is 1.20 bits per heavy atom. The fourth-order valence-corrected chi connectivity index (χ4v) is 1.64. The molecule has 1 N–H and O–H groups in total. The monoisotopic (exact) mass is 273 g/mol. The summed E-state index contributed by atoms with van der Waals surface area (Å²) in [5, 5.41) is 2.73. The minimum absolute atomic E-state index is 0.256. The van der Waals surface area contributed by atoms with Gasteiger partial charge in [-0.2, -0.15) is 0 Å². The molecule has 0 radical (unpaired) electrons. The van der Waals surface area contributed by atoms with Gasteiger partial charge in [0, 0.05) is 17.8 Å². The number of amides is 1. The molecule has 2 aromatic rings. The Morgan fingerprint density at radius 3 is 2.65 bits per heavy atom. The van der Waals surface area contributed by atoms with Gasteiger partial charge in [0.05, 0.1) is 20.5 Å². The number of hydrogen-bond donors (Lipinski definition) is 1. The molecule has 0 atom stereocenters. The van der Waals surface area contributed by atoms with Gasteiger partial charge in [0.25, 0.3) is 0 Å². The van der Waals surface area contributed by atoms with Crippen molar-refractivity contribution < 1.29 is 18.7 Å². The van der Waals surface area contributed by atoms with Gasteiger partial charge in [-0.3, -0.25) is 4.79 Å². The number of rotatable bonds is 5. The Kier molecular flexibility index (Phi) is 4.44. The normalized spacial score (nSPS) is 10.5. The molecule has 1 amide bonds. The van der Waals surface area contributed by atoms with Crippen LogP contribution in [0, 0.1) is 0 Å². The highest BCUT2D eigenvalue weighted by molar-refractivity contribution is 6.01. The second-order valence-electron chi connectivity index (χ2n) is 3.91. The Bertz CT molecular complexity index is 602. The average Bonchev–Trinajstić information content (AvgIpc) is 2.98. The number of benzene rings is 1. The second kappa shape index (κ2) is 6.47. The topological polar surface area (TPSA) is 60.7 Å². The van der Waals surface area contributed by atoms with Crippen LogP contribution in [-0.4, -0.2) is 20.1 Å². The van der Waals surface area contributed by atoms with Crippen molar-refractivity contribution in [2.75, 3.05) is 19.5 Å². The third-order valence-electron chi connectivity index (χ3n) is 2.59. The molecule has 1 aromatic heterocycles. The standard InChI is InChI=1S/C15H15NO4/c1-18-13-7-5-11(10-14(13)19-2)16-15(17)8-6-12-4-3-9-20-12/h3-10H,1-2H3,(H,16,17)/b8-6+. The van der Waals surface area contributed by atoms with Crippen LogP contribution in [0.5, 0.6) is 11.5 Å². The van der Waals surface area contributed by atoms with Crippen molar-refractivity contribution in [3.05, 3.63) is 48.4 Å². The summed E-state index contributed by atoms with van der Waals surface area (Å²) >= 11 is 0. The predicted octanol–water partition coefficient (Wildman–Crippen LogP) is 2.95. The Labute approximate surface area is 116 Å². The maximum atomic E-state index is 11.8. The zero-order valence-corrected chi connectivity index (χ0v) is 11.3. The number of carbonyl (C=O) groups excluding carboxylic acids is 1. The largest absolute Gasteiger partial charge is 0.493 e. The molecule has 0 fully saturated rings. The van der Waals surface area contributed by atoms with Crippen LogP contribution in [-0.2, 0) is 4.79 Å². The van der Waals surface area contributed by atoms with E-state index in [0.29, 0.717) is 22.9 Å². The minimum atomic E-state index is -0.256. The Balaban J connectivity index is 2.04. The third-order valence-corrected chi connectivity index (χ3v) is 2.59. The van der Waals surface area contributed by atoms with Crippen molar-refractivity contribution in [3.8, 4) is 11.5 Å². The molecule has 20 heavy (non-hydrogen) atoms. The first kappa shape index (κ1) is 13.7. The van der Waals surface area contributed by atoms with Crippen LogP contribution in [0.1, 0.15) is 5.76 Å². The highest BCUT2D eigenvalue weighted by Crippen LogP contribution is 2.29. The average molecular weight is 273 g/mol. The van der Waals surface area contributed by atoms with Crippen LogP contribution in [0.4, 0.5) is 5.69 Å². The molecule has 5 heteroatoms. The molecule has 0 unspecified atom stereocenters. The molecular weight excluding hydrogens is 258 g/mol. The van der Waals surface area contributed by atoms with Gasteiger partial charge in [-0.15, -0.1) is 0 Å². The summed E-state index contributed by atoms with van der Waals surface area (Å²) in [5.74, 6) is 1.53. The molecule has 104 valence electrons.